The lowest BCUT2D eigenvalue weighted by atomic mass is 10.2. The van der Waals surface area contributed by atoms with E-state index in [4.69, 9.17) is 19.6 Å². The molecule has 1 fully saturated rings. The molecule has 88 valence electrons. The van der Waals surface area contributed by atoms with Crippen molar-refractivity contribution in [2.75, 3.05) is 13.4 Å². The molecule has 16 heavy (non-hydrogen) atoms. The zero-order valence-electron chi connectivity index (χ0n) is 8.44. The van der Waals surface area contributed by atoms with E-state index in [9.17, 15) is 0 Å². The highest BCUT2D eigenvalue weighted by atomic mass is 17.3. The smallest absolute Gasteiger partial charge is 0.217 e. The summed E-state index contributed by atoms with van der Waals surface area (Å²) in [5.74, 6) is 0. The molecular formula is C10H12O6. The van der Waals surface area contributed by atoms with Crippen molar-refractivity contribution in [1.29, 1.82) is 0 Å². The topological polar surface area (TPSA) is 66.4 Å². The van der Waals surface area contributed by atoms with Crippen LogP contribution in [0.25, 0.3) is 0 Å². The zero-order valence-corrected chi connectivity index (χ0v) is 8.44. The average molecular weight is 228 g/mol. The van der Waals surface area contributed by atoms with Crippen LogP contribution in [0.2, 0.25) is 0 Å². The summed E-state index contributed by atoms with van der Waals surface area (Å²) in [6.45, 7) is 0.171. The number of rotatable bonds is 5. The van der Waals surface area contributed by atoms with E-state index in [1.807, 2.05) is 18.2 Å². The van der Waals surface area contributed by atoms with Crippen LogP contribution in [-0.2, 0) is 24.1 Å². The standard InChI is InChI=1S/C10H12O6/c11-15-10(8-4-2-1-3-5-8)12-6-9-13-7-14-16-9/h1-5,9-11H,6-7H2. The highest BCUT2D eigenvalue weighted by Gasteiger charge is 2.21. The number of hydrogen-bond acceptors (Lipinski definition) is 6. The summed E-state index contributed by atoms with van der Waals surface area (Å²) in [7, 11) is 0. The predicted molar refractivity (Wildman–Crippen MR) is 50.8 cm³/mol. The van der Waals surface area contributed by atoms with Gasteiger partial charge in [-0.15, -0.1) is 0 Å². The van der Waals surface area contributed by atoms with E-state index < -0.39 is 12.6 Å². The highest BCUT2D eigenvalue weighted by molar-refractivity contribution is 5.15. The first-order valence-electron chi connectivity index (χ1n) is 4.77. The lowest BCUT2D eigenvalue weighted by Gasteiger charge is -2.15. The molecule has 2 atom stereocenters. The molecule has 1 aliphatic heterocycles. The van der Waals surface area contributed by atoms with Crippen molar-refractivity contribution in [3.05, 3.63) is 35.9 Å². The summed E-state index contributed by atoms with van der Waals surface area (Å²) in [5, 5.41) is 8.72. The van der Waals surface area contributed by atoms with Crippen molar-refractivity contribution in [3.63, 3.8) is 0 Å². The molecule has 0 bridgehead atoms. The Morgan fingerprint density at radius 2 is 2.19 bits per heavy atom. The number of benzene rings is 1. The Balaban J connectivity index is 1.85. The minimum absolute atomic E-state index is 0.0734. The van der Waals surface area contributed by atoms with Gasteiger partial charge in [0.05, 0.1) is 0 Å². The molecule has 1 heterocycles. The van der Waals surface area contributed by atoms with Crippen molar-refractivity contribution < 1.29 is 29.4 Å². The van der Waals surface area contributed by atoms with Crippen LogP contribution in [0.3, 0.4) is 0 Å². The molecule has 0 radical (unpaired) electrons. The molecule has 0 spiro atoms. The van der Waals surface area contributed by atoms with E-state index in [2.05, 4.69) is 9.78 Å². The molecule has 1 N–H and O–H groups in total. The molecule has 1 aromatic rings. The largest absolute Gasteiger partial charge is 0.341 e. The van der Waals surface area contributed by atoms with Gasteiger partial charge in [0.1, 0.15) is 6.61 Å². The quantitative estimate of drug-likeness (QED) is 0.467. The first kappa shape index (κ1) is 11.5. The van der Waals surface area contributed by atoms with Gasteiger partial charge in [-0.05, 0) is 0 Å². The van der Waals surface area contributed by atoms with Gasteiger partial charge < -0.3 is 9.47 Å². The molecule has 0 amide bonds. The van der Waals surface area contributed by atoms with E-state index in [-0.39, 0.29) is 13.4 Å². The van der Waals surface area contributed by atoms with Gasteiger partial charge in [-0.2, -0.15) is 4.89 Å². The Kier molecular flexibility index (Phi) is 4.23. The van der Waals surface area contributed by atoms with E-state index in [1.165, 1.54) is 0 Å². The maximum atomic E-state index is 8.72. The zero-order chi connectivity index (χ0) is 11.2. The van der Waals surface area contributed by atoms with Crippen molar-refractivity contribution in [2.24, 2.45) is 0 Å². The molecular weight excluding hydrogens is 216 g/mol. The lowest BCUT2D eigenvalue weighted by Crippen LogP contribution is -2.19. The highest BCUT2D eigenvalue weighted by Crippen LogP contribution is 2.18. The Hall–Kier alpha value is -1.02. The SMILES string of the molecule is OOC(OCC1OCOO1)c1ccccc1. The molecule has 1 saturated heterocycles. The molecule has 6 heteroatoms. The van der Waals surface area contributed by atoms with Crippen LogP contribution in [0, 0.1) is 0 Å². The van der Waals surface area contributed by atoms with Gasteiger partial charge in [-0.25, -0.2) is 15.0 Å². The maximum Gasteiger partial charge on any atom is 0.217 e. The predicted octanol–water partition coefficient (Wildman–Crippen LogP) is 1.45. The molecule has 1 aromatic carbocycles. The van der Waals surface area contributed by atoms with E-state index in [1.54, 1.807) is 12.1 Å². The molecule has 2 rings (SSSR count). The second kappa shape index (κ2) is 5.90. The average Bonchev–Trinajstić information content (AvgIpc) is 2.84. The van der Waals surface area contributed by atoms with Crippen LogP contribution >= 0.6 is 0 Å². The van der Waals surface area contributed by atoms with Crippen molar-refractivity contribution in [3.8, 4) is 0 Å². The Morgan fingerprint density at radius 1 is 1.38 bits per heavy atom. The van der Waals surface area contributed by atoms with Crippen LogP contribution in [0.15, 0.2) is 30.3 Å². The van der Waals surface area contributed by atoms with Crippen molar-refractivity contribution in [2.45, 2.75) is 12.6 Å². The third kappa shape index (κ3) is 2.99. The third-order valence-corrected chi connectivity index (χ3v) is 2.03. The first-order valence-corrected chi connectivity index (χ1v) is 4.77. The van der Waals surface area contributed by atoms with Gasteiger partial charge in [-0.3, -0.25) is 0 Å². The van der Waals surface area contributed by atoms with Crippen LogP contribution in [0.4, 0.5) is 0 Å². The number of ether oxygens (including phenoxy) is 2. The summed E-state index contributed by atoms with van der Waals surface area (Å²) in [6, 6.07) is 9.03. The monoisotopic (exact) mass is 228 g/mol. The fourth-order valence-electron chi connectivity index (χ4n) is 1.27. The summed E-state index contributed by atoms with van der Waals surface area (Å²) in [5.41, 5.74) is 0.698. The first-order chi connectivity index (χ1) is 7.90. The van der Waals surface area contributed by atoms with Gasteiger partial charge in [0.15, 0.2) is 6.79 Å². The van der Waals surface area contributed by atoms with E-state index in [0.717, 1.165) is 0 Å². The van der Waals surface area contributed by atoms with Crippen LogP contribution in [0.5, 0.6) is 0 Å². The number of hydrogen-bond donors (Lipinski definition) is 1. The summed E-state index contributed by atoms with van der Waals surface area (Å²) < 4.78 is 10.2. The van der Waals surface area contributed by atoms with Gasteiger partial charge in [0.2, 0.25) is 12.6 Å². The fraction of sp³-hybridized carbons (Fsp3) is 0.400. The molecule has 1 aliphatic rings. The van der Waals surface area contributed by atoms with E-state index >= 15 is 0 Å². The molecule has 0 aromatic heterocycles. The van der Waals surface area contributed by atoms with Crippen LogP contribution in [-0.4, -0.2) is 24.9 Å². The molecule has 0 saturated carbocycles. The fourth-order valence-corrected chi connectivity index (χ4v) is 1.27. The molecule has 0 aliphatic carbocycles. The second-order valence-electron chi connectivity index (χ2n) is 3.11. The van der Waals surface area contributed by atoms with Gasteiger partial charge in [0.25, 0.3) is 0 Å². The molecule has 2 unspecified atom stereocenters. The van der Waals surface area contributed by atoms with Crippen LogP contribution in [0.1, 0.15) is 11.9 Å². The Labute approximate surface area is 92.1 Å². The minimum atomic E-state index is -0.867. The Morgan fingerprint density at radius 3 is 2.81 bits per heavy atom. The Bertz CT molecular complexity index is 297. The summed E-state index contributed by atoms with van der Waals surface area (Å²) in [4.78, 5) is 13.4. The van der Waals surface area contributed by atoms with Crippen LogP contribution < -0.4 is 0 Å². The maximum absolute atomic E-state index is 8.72. The van der Waals surface area contributed by atoms with Crippen molar-refractivity contribution in [1.82, 2.24) is 0 Å². The summed E-state index contributed by atoms with van der Waals surface area (Å²) in [6.07, 6.45) is -1.46. The van der Waals surface area contributed by atoms with Crippen molar-refractivity contribution >= 4 is 0 Å². The van der Waals surface area contributed by atoms with Gasteiger partial charge >= 0.3 is 0 Å². The lowest BCUT2D eigenvalue weighted by molar-refractivity contribution is -0.364. The third-order valence-electron chi connectivity index (χ3n) is 2.03. The summed E-state index contributed by atoms with van der Waals surface area (Å²) >= 11 is 0. The van der Waals surface area contributed by atoms with Gasteiger partial charge in [0, 0.05) is 5.56 Å². The second-order valence-corrected chi connectivity index (χ2v) is 3.11. The molecule has 6 nitrogen and oxygen atoms in total. The van der Waals surface area contributed by atoms with E-state index in [0.29, 0.717) is 5.56 Å². The normalized spacial score (nSPS) is 22.2. The minimum Gasteiger partial charge on any atom is -0.341 e. The van der Waals surface area contributed by atoms with Gasteiger partial charge in [-0.1, -0.05) is 30.3 Å².